The summed E-state index contributed by atoms with van der Waals surface area (Å²) in [7, 11) is 0. The molecule has 3 rings (SSSR count). The van der Waals surface area contributed by atoms with Crippen LogP contribution in [0.25, 0.3) is 0 Å². The van der Waals surface area contributed by atoms with E-state index in [1.54, 1.807) is 17.9 Å². The Morgan fingerprint density at radius 1 is 1.42 bits per heavy atom. The predicted molar refractivity (Wildman–Crippen MR) is 84.8 cm³/mol. The highest BCUT2D eigenvalue weighted by atomic mass is 19.2. The molecular weight excluding hydrogens is 316 g/mol. The summed E-state index contributed by atoms with van der Waals surface area (Å²) in [6, 6.07) is 1.94. The third kappa shape index (κ3) is 3.08. The lowest BCUT2D eigenvalue weighted by molar-refractivity contribution is -0.100. The maximum absolute atomic E-state index is 13.6. The van der Waals surface area contributed by atoms with Crippen LogP contribution in [0.2, 0.25) is 0 Å². The SMILES string of the molecule is C=CCO[C@H]1CC[C@H]2[C@H]1OCCN2C(=O)c1cc(F)c(F)cc1C. The molecule has 1 aliphatic heterocycles. The number of carbonyl (C=O) groups is 1. The lowest BCUT2D eigenvalue weighted by atomic mass is 10.0. The van der Waals surface area contributed by atoms with Crippen molar-refractivity contribution in [3.63, 3.8) is 0 Å². The second kappa shape index (κ2) is 6.99. The van der Waals surface area contributed by atoms with Crippen LogP contribution in [0.4, 0.5) is 8.78 Å². The molecule has 1 heterocycles. The number of aryl methyl sites for hydroxylation is 1. The molecule has 1 aromatic rings. The van der Waals surface area contributed by atoms with Crippen molar-refractivity contribution in [1.82, 2.24) is 4.90 Å². The van der Waals surface area contributed by atoms with E-state index in [9.17, 15) is 13.6 Å². The summed E-state index contributed by atoms with van der Waals surface area (Å²) >= 11 is 0. The van der Waals surface area contributed by atoms with Gasteiger partial charge in [0.2, 0.25) is 0 Å². The number of rotatable bonds is 4. The first-order valence-electron chi connectivity index (χ1n) is 8.13. The van der Waals surface area contributed by atoms with Gasteiger partial charge >= 0.3 is 0 Å². The fraction of sp³-hybridized carbons (Fsp3) is 0.500. The molecule has 2 aliphatic rings. The van der Waals surface area contributed by atoms with Crippen LogP contribution in [0.1, 0.15) is 28.8 Å². The number of ether oxygens (including phenoxy) is 2. The van der Waals surface area contributed by atoms with Crippen LogP contribution in [0.5, 0.6) is 0 Å². The van der Waals surface area contributed by atoms with Crippen molar-refractivity contribution in [2.45, 2.75) is 38.0 Å². The molecule has 1 saturated heterocycles. The van der Waals surface area contributed by atoms with Gasteiger partial charge in [0.05, 0.1) is 25.4 Å². The average Bonchev–Trinajstić information content (AvgIpc) is 2.98. The van der Waals surface area contributed by atoms with Crippen LogP contribution < -0.4 is 0 Å². The summed E-state index contributed by atoms with van der Waals surface area (Å²) in [5.41, 5.74) is 0.629. The maximum atomic E-state index is 13.6. The molecule has 1 aromatic carbocycles. The van der Waals surface area contributed by atoms with Crippen molar-refractivity contribution in [3.8, 4) is 0 Å². The molecule has 1 aliphatic carbocycles. The van der Waals surface area contributed by atoms with Gasteiger partial charge in [-0.25, -0.2) is 8.78 Å². The zero-order valence-corrected chi connectivity index (χ0v) is 13.6. The first kappa shape index (κ1) is 17.0. The number of benzene rings is 1. The summed E-state index contributed by atoms with van der Waals surface area (Å²) < 4.78 is 38.4. The number of amides is 1. The molecule has 6 heteroatoms. The number of hydrogen-bond donors (Lipinski definition) is 0. The number of fused-ring (bicyclic) bond motifs is 1. The van der Waals surface area contributed by atoms with Crippen molar-refractivity contribution in [2.24, 2.45) is 0 Å². The maximum Gasteiger partial charge on any atom is 0.254 e. The van der Waals surface area contributed by atoms with E-state index in [-0.39, 0.29) is 29.7 Å². The minimum atomic E-state index is -1.01. The van der Waals surface area contributed by atoms with E-state index in [4.69, 9.17) is 9.47 Å². The fourth-order valence-electron chi connectivity index (χ4n) is 3.57. The lowest BCUT2D eigenvalue weighted by Crippen LogP contribution is -2.54. The summed E-state index contributed by atoms with van der Waals surface area (Å²) in [6.45, 7) is 6.53. The Bertz CT molecular complexity index is 649. The predicted octanol–water partition coefficient (Wildman–Crippen LogP) is 2.85. The van der Waals surface area contributed by atoms with E-state index in [0.29, 0.717) is 25.3 Å². The number of nitrogens with zero attached hydrogens (tertiary/aromatic N) is 1. The Morgan fingerprint density at radius 3 is 2.92 bits per heavy atom. The standard InChI is InChI=1S/C18H21F2NO3/c1-3-7-23-16-5-4-15-17(16)24-8-6-21(15)18(22)12-10-14(20)13(19)9-11(12)2/h3,9-10,15-17H,1,4-8H2,2H3/t15-,16-,17+/m0/s1. The molecule has 130 valence electrons. The Balaban J connectivity index is 1.81. The van der Waals surface area contributed by atoms with Crippen molar-refractivity contribution in [1.29, 1.82) is 0 Å². The molecule has 0 radical (unpaired) electrons. The third-order valence-corrected chi connectivity index (χ3v) is 4.72. The number of carbonyl (C=O) groups excluding carboxylic acids is 1. The first-order chi connectivity index (χ1) is 11.5. The monoisotopic (exact) mass is 337 g/mol. The summed E-state index contributed by atoms with van der Waals surface area (Å²) in [6.07, 6.45) is 2.98. The van der Waals surface area contributed by atoms with Crippen LogP contribution >= 0.6 is 0 Å². The van der Waals surface area contributed by atoms with Gasteiger partial charge in [0.15, 0.2) is 11.6 Å². The van der Waals surface area contributed by atoms with Gasteiger partial charge in [0.1, 0.15) is 6.10 Å². The van der Waals surface area contributed by atoms with Crippen molar-refractivity contribution in [3.05, 3.63) is 47.5 Å². The highest BCUT2D eigenvalue weighted by Gasteiger charge is 2.45. The van der Waals surface area contributed by atoms with E-state index in [1.807, 2.05) is 0 Å². The van der Waals surface area contributed by atoms with Gasteiger partial charge in [0, 0.05) is 12.1 Å². The van der Waals surface area contributed by atoms with Crippen LogP contribution in [0.15, 0.2) is 24.8 Å². The van der Waals surface area contributed by atoms with E-state index in [0.717, 1.165) is 25.0 Å². The molecule has 24 heavy (non-hydrogen) atoms. The molecule has 3 atom stereocenters. The molecule has 2 fully saturated rings. The van der Waals surface area contributed by atoms with Crippen molar-refractivity contribution < 1.29 is 23.0 Å². The molecule has 4 nitrogen and oxygen atoms in total. The molecule has 0 unspecified atom stereocenters. The second-order valence-corrected chi connectivity index (χ2v) is 6.22. The van der Waals surface area contributed by atoms with Gasteiger partial charge in [0.25, 0.3) is 5.91 Å². The number of morpholine rings is 1. The topological polar surface area (TPSA) is 38.8 Å². The quantitative estimate of drug-likeness (QED) is 0.793. The van der Waals surface area contributed by atoms with Gasteiger partial charge in [-0.15, -0.1) is 6.58 Å². The Labute approximate surface area is 140 Å². The van der Waals surface area contributed by atoms with Crippen LogP contribution in [0, 0.1) is 18.6 Å². The Hall–Kier alpha value is -1.79. The van der Waals surface area contributed by atoms with Gasteiger partial charge in [-0.3, -0.25) is 4.79 Å². The van der Waals surface area contributed by atoms with Gasteiger partial charge < -0.3 is 14.4 Å². The summed E-state index contributed by atoms with van der Waals surface area (Å²) in [4.78, 5) is 14.6. The second-order valence-electron chi connectivity index (χ2n) is 6.22. The Morgan fingerprint density at radius 2 is 2.17 bits per heavy atom. The van der Waals surface area contributed by atoms with Gasteiger partial charge in [-0.05, 0) is 37.5 Å². The van der Waals surface area contributed by atoms with Crippen LogP contribution in [-0.4, -0.2) is 48.8 Å². The molecule has 0 N–H and O–H groups in total. The molecule has 1 amide bonds. The summed E-state index contributed by atoms with van der Waals surface area (Å²) in [5, 5.41) is 0. The normalized spacial score (nSPS) is 26.3. The van der Waals surface area contributed by atoms with Crippen LogP contribution in [0.3, 0.4) is 0 Å². The number of halogens is 2. The molecular formula is C18H21F2NO3. The largest absolute Gasteiger partial charge is 0.372 e. The summed E-state index contributed by atoms with van der Waals surface area (Å²) in [5.74, 6) is -2.23. The van der Waals surface area contributed by atoms with E-state index < -0.39 is 11.6 Å². The number of hydrogen-bond acceptors (Lipinski definition) is 3. The molecule has 0 spiro atoms. The van der Waals surface area contributed by atoms with Gasteiger partial charge in [-0.2, -0.15) is 0 Å². The highest BCUT2D eigenvalue weighted by molar-refractivity contribution is 5.96. The third-order valence-electron chi connectivity index (χ3n) is 4.72. The van der Waals surface area contributed by atoms with Crippen molar-refractivity contribution in [2.75, 3.05) is 19.8 Å². The highest BCUT2D eigenvalue weighted by Crippen LogP contribution is 2.33. The van der Waals surface area contributed by atoms with E-state index in [2.05, 4.69) is 6.58 Å². The average molecular weight is 337 g/mol. The Kier molecular flexibility index (Phi) is 4.96. The molecule has 0 aromatic heterocycles. The molecule has 1 saturated carbocycles. The lowest BCUT2D eigenvalue weighted by Gasteiger charge is -2.39. The molecule has 0 bridgehead atoms. The minimum absolute atomic E-state index is 0.0744. The zero-order chi connectivity index (χ0) is 17.3. The smallest absolute Gasteiger partial charge is 0.254 e. The first-order valence-corrected chi connectivity index (χ1v) is 8.13. The van der Waals surface area contributed by atoms with Crippen LogP contribution in [-0.2, 0) is 9.47 Å². The van der Waals surface area contributed by atoms with E-state index >= 15 is 0 Å². The minimum Gasteiger partial charge on any atom is -0.372 e. The van der Waals surface area contributed by atoms with E-state index in [1.165, 1.54) is 0 Å². The zero-order valence-electron chi connectivity index (χ0n) is 13.6. The fourth-order valence-corrected chi connectivity index (χ4v) is 3.57. The van der Waals surface area contributed by atoms with Crippen molar-refractivity contribution >= 4 is 5.91 Å². The van der Waals surface area contributed by atoms with Gasteiger partial charge in [-0.1, -0.05) is 6.08 Å².